The molecule has 3 heterocycles. The fourth-order valence-electron chi connectivity index (χ4n) is 4.54. The van der Waals surface area contributed by atoms with E-state index in [1.165, 1.54) is 15.8 Å². The van der Waals surface area contributed by atoms with Gasteiger partial charge in [-0.2, -0.15) is 9.78 Å². The van der Waals surface area contributed by atoms with E-state index in [4.69, 9.17) is 11.6 Å². The molecule has 0 aliphatic carbocycles. The third-order valence-electron chi connectivity index (χ3n) is 6.46. The molecule has 0 atom stereocenters. The van der Waals surface area contributed by atoms with Crippen molar-refractivity contribution in [2.45, 2.75) is 13.0 Å². The van der Waals surface area contributed by atoms with E-state index in [1.54, 1.807) is 6.20 Å². The van der Waals surface area contributed by atoms with Gasteiger partial charge in [0.2, 0.25) is 5.91 Å². The lowest BCUT2D eigenvalue weighted by molar-refractivity contribution is -0.133. The van der Waals surface area contributed by atoms with E-state index in [0.717, 1.165) is 26.1 Å². The lowest BCUT2D eigenvalue weighted by Gasteiger charge is -2.37. The fourth-order valence-corrected chi connectivity index (χ4v) is 4.79. The summed E-state index contributed by atoms with van der Waals surface area (Å²) in [6.07, 6.45) is 2.57. The highest BCUT2D eigenvalue weighted by Crippen LogP contribution is 2.23. The topological polar surface area (TPSA) is 61.7 Å². The Balaban J connectivity index is 1.20. The number of carbonyl (C=O) groups excluding carboxylic acids is 1. The molecular weight excluding hydrogens is 438 g/mol. The molecule has 0 saturated carbocycles. The van der Waals surface area contributed by atoms with Crippen molar-refractivity contribution < 1.29 is 4.79 Å². The number of rotatable bonds is 4. The van der Waals surface area contributed by atoms with E-state index in [-0.39, 0.29) is 16.5 Å². The van der Waals surface area contributed by atoms with Crippen molar-refractivity contribution in [2.75, 3.05) is 44.2 Å². The minimum absolute atomic E-state index is 0.170. The first-order valence-corrected chi connectivity index (χ1v) is 11.6. The highest BCUT2D eigenvalue weighted by Gasteiger charge is 2.26. The summed E-state index contributed by atoms with van der Waals surface area (Å²) in [5, 5.41) is 4.51. The predicted molar refractivity (Wildman–Crippen MR) is 129 cm³/mol. The van der Waals surface area contributed by atoms with Crippen LogP contribution in [0.3, 0.4) is 0 Å². The normalized spacial score (nSPS) is 16.5. The van der Waals surface area contributed by atoms with Gasteiger partial charge in [0, 0.05) is 39.3 Å². The molecule has 1 saturated heterocycles. The maximum absolute atomic E-state index is 12.9. The van der Waals surface area contributed by atoms with Crippen molar-refractivity contribution in [3.8, 4) is 5.69 Å². The smallest absolute Gasteiger partial charge is 0.292 e. The average Bonchev–Trinajstić information content (AvgIpc) is 2.86. The minimum atomic E-state index is -0.330. The van der Waals surface area contributed by atoms with Crippen LogP contribution in [0.2, 0.25) is 5.02 Å². The van der Waals surface area contributed by atoms with Crippen LogP contribution in [0.1, 0.15) is 11.1 Å². The van der Waals surface area contributed by atoms with E-state index < -0.39 is 0 Å². The zero-order valence-electron chi connectivity index (χ0n) is 18.4. The highest BCUT2D eigenvalue weighted by molar-refractivity contribution is 6.33. The predicted octanol–water partition coefficient (Wildman–Crippen LogP) is 2.59. The number of benzene rings is 2. The second-order valence-corrected chi connectivity index (χ2v) is 8.87. The van der Waals surface area contributed by atoms with Crippen molar-refractivity contribution >= 4 is 23.2 Å². The van der Waals surface area contributed by atoms with Crippen molar-refractivity contribution in [1.82, 2.24) is 19.6 Å². The molecule has 1 aromatic heterocycles. The highest BCUT2D eigenvalue weighted by atomic mass is 35.5. The number of piperazine rings is 1. The van der Waals surface area contributed by atoms with Gasteiger partial charge in [0.1, 0.15) is 5.02 Å². The second-order valence-electron chi connectivity index (χ2n) is 8.49. The van der Waals surface area contributed by atoms with Crippen LogP contribution in [-0.2, 0) is 17.8 Å². The Morgan fingerprint density at radius 3 is 2.36 bits per heavy atom. The van der Waals surface area contributed by atoms with Gasteiger partial charge >= 0.3 is 0 Å². The number of para-hydroxylation sites is 1. The first-order chi connectivity index (χ1) is 16.1. The minimum Gasteiger partial charge on any atom is -0.366 e. The Kier molecular flexibility index (Phi) is 6.15. The summed E-state index contributed by atoms with van der Waals surface area (Å²) in [7, 11) is 0. The first kappa shape index (κ1) is 21.7. The van der Waals surface area contributed by atoms with E-state index in [1.807, 2.05) is 41.3 Å². The maximum atomic E-state index is 12.9. The summed E-state index contributed by atoms with van der Waals surface area (Å²) in [5.74, 6) is 0.170. The molecule has 1 fully saturated rings. The molecule has 0 bridgehead atoms. The van der Waals surface area contributed by atoms with Crippen molar-refractivity contribution in [1.29, 1.82) is 0 Å². The van der Waals surface area contributed by atoms with Crippen molar-refractivity contribution in [3.05, 3.63) is 87.3 Å². The molecule has 5 rings (SSSR count). The third-order valence-corrected chi connectivity index (χ3v) is 6.81. The molecule has 170 valence electrons. The average molecular weight is 464 g/mol. The van der Waals surface area contributed by atoms with Crippen LogP contribution in [0.5, 0.6) is 0 Å². The first-order valence-electron chi connectivity index (χ1n) is 11.3. The Hall–Kier alpha value is -3.16. The molecule has 2 aliphatic rings. The molecule has 1 amide bonds. The fraction of sp³-hybridized carbons (Fsp3) is 0.320. The quantitative estimate of drug-likeness (QED) is 0.595. The van der Waals surface area contributed by atoms with Gasteiger partial charge in [-0.3, -0.25) is 14.5 Å². The van der Waals surface area contributed by atoms with Gasteiger partial charge in [0.15, 0.2) is 0 Å². The SMILES string of the molecule is O=C(CN1CCN(c2cnn(-c3ccccc3)c(=O)c2Cl)CC1)N1CCc2ccccc2C1. The largest absolute Gasteiger partial charge is 0.366 e. The molecular formula is C25H26ClN5O2. The molecule has 33 heavy (non-hydrogen) atoms. The van der Waals surface area contributed by atoms with Gasteiger partial charge in [0.05, 0.1) is 24.1 Å². The van der Waals surface area contributed by atoms with Crippen LogP contribution in [0.25, 0.3) is 5.69 Å². The number of hydrogen-bond donors (Lipinski definition) is 0. The van der Waals surface area contributed by atoms with Crippen molar-refractivity contribution in [2.24, 2.45) is 0 Å². The standard InChI is InChI=1S/C25H26ClN5O2/c26-24-22(16-27-31(25(24)33)21-8-2-1-3-9-21)29-14-12-28(13-15-29)18-23(32)30-11-10-19-6-4-5-7-20(19)17-30/h1-9,16H,10-15,17-18H2. The van der Waals surface area contributed by atoms with E-state index in [2.05, 4.69) is 33.1 Å². The zero-order chi connectivity index (χ0) is 22.8. The molecule has 0 spiro atoms. The van der Waals surface area contributed by atoms with Crippen molar-refractivity contribution in [3.63, 3.8) is 0 Å². The van der Waals surface area contributed by atoms with Gasteiger partial charge in [-0.25, -0.2) is 0 Å². The molecule has 0 unspecified atom stereocenters. The monoisotopic (exact) mass is 463 g/mol. The molecule has 0 N–H and O–H groups in total. The number of hydrogen-bond acceptors (Lipinski definition) is 5. The molecule has 8 heteroatoms. The number of halogens is 1. The number of nitrogens with zero attached hydrogens (tertiary/aromatic N) is 5. The Labute approximate surface area is 197 Å². The maximum Gasteiger partial charge on any atom is 0.292 e. The summed E-state index contributed by atoms with van der Waals surface area (Å²) in [4.78, 5) is 31.9. The van der Waals surface area contributed by atoms with Crippen LogP contribution in [0.15, 0.2) is 65.6 Å². The van der Waals surface area contributed by atoms with Crippen LogP contribution in [-0.4, -0.2) is 64.8 Å². The Morgan fingerprint density at radius 1 is 0.909 bits per heavy atom. The number of amides is 1. The van der Waals surface area contributed by atoms with Gasteiger partial charge in [-0.15, -0.1) is 0 Å². The molecule has 7 nitrogen and oxygen atoms in total. The molecule has 2 aliphatic heterocycles. The summed E-state index contributed by atoms with van der Waals surface area (Å²) in [6.45, 7) is 4.71. The lowest BCUT2D eigenvalue weighted by atomic mass is 10.00. The third kappa shape index (κ3) is 4.51. The van der Waals surface area contributed by atoms with Crippen LogP contribution in [0.4, 0.5) is 5.69 Å². The Bertz CT molecular complexity index is 1200. The molecule has 3 aromatic rings. The number of aromatic nitrogens is 2. The van der Waals surface area contributed by atoms with Gasteiger partial charge < -0.3 is 9.80 Å². The second kappa shape index (κ2) is 9.37. The number of fused-ring (bicyclic) bond motifs is 1. The van der Waals surface area contributed by atoms with Gasteiger partial charge in [-0.05, 0) is 29.7 Å². The van der Waals surface area contributed by atoms with Gasteiger partial charge in [-0.1, -0.05) is 54.1 Å². The summed E-state index contributed by atoms with van der Waals surface area (Å²) < 4.78 is 1.32. The van der Waals surface area contributed by atoms with E-state index in [0.29, 0.717) is 37.6 Å². The molecule has 2 aromatic carbocycles. The summed E-state index contributed by atoms with van der Waals surface area (Å²) >= 11 is 6.46. The van der Waals surface area contributed by atoms with E-state index in [9.17, 15) is 9.59 Å². The summed E-state index contributed by atoms with van der Waals surface area (Å²) in [6, 6.07) is 17.6. The molecule has 0 radical (unpaired) electrons. The van der Waals surface area contributed by atoms with Crippen LogP contribution in [0, 0.1) is 0 Å². The van der Waals surface area contributed by atoms with Crippen LogP contribution < -0.4 is 10.5 Å². The number of anilines is 1. The Morgan fingerprint density at radius 2 is 1.61 bits per heavy atom. The lowest BCUT2D eigenvalue weighted by Crippen LogP contribution is -2.51. The van der Waals surface area contributed by atoms with E-state index >= 15 is 0 Å². The summed E-state index contributed by atoms with van der Waals surface area (Å²) in [5.41, 5.74) is 3.58. The number of carbonyl (C=O) groups is 1. The zero-order valence-corrected chi connectivity index (χ0v) is 19.1. The van der Waals surface area contributed by atoms with Crippen LogP contribution >= 0.6 is 11.6 Å². The van der Waals surface area contributed by atoms with Gasteiger partial charge in [0.25, 0.3) is 5.56 Å².